The Morgan fingerprint density at radius 1 is 1.14 bits per heavy atom. The molecule has 1 aromatic rings. The molecule has 0 fully saturated rings. The zero-order valence-corrected chi connectivity index (χ0v) is 13.9. The van der Waals surface area contributed by atoms with E-state index in [1.807, 2.05) is 31.2 Å². The highest BCUT2D eigenvalue weighted by Crippen LogP contribution is 2.23. The van der Waals surface area contributed by atoms with Gasteiger partial charge < -0.3 is 20.7 Å². The molecule has 0 spiro atoms. The van der Waals surface area contributed by atoms with Crippen molar-refractivity contribution in [1.82, 2.24) is 10.6 Å². The summed E-state index contributed by atoms with van der Waals surface area (Å²) in [6, 6.07) is 7.27. The third-order valence-electron chi connectivity index (χ3n) is 3.18. The molecule has 124 valence electrons. The molecule has 0 heterocycles. The molecule has 5 nitrogen and oxygen atoms in total. The van der Waals surface area contributed by atoms with Crippen molar-refractivity contribution in [2.45, 2.75) is 39.7 Å². The van der Waals surface area contributed by atoms with E-state index in [0.29, 0.717) is 24.6 Å². The molecule has 1 rings (SSSR count). The van der Waals surface area contributed by atoms with Crippen molar-refractivity contribution in [2.24, 2.45) is 0 Å². The van der Waals surface area contributed by atoms with Gasteiger partial charge in [-0.2, -0.15) is 0 Å². The topological polar surface area (TPSA) is 62.4 Å². The third-order valence-corrected chi connectivity index (χ3v) is 3.18. The molecular formula is C17H29N3O2. The minimum Gasteiger partial charge on any atom is -0.492 e. The first kappa shape index (κ1) is 18.5. The van der Waals surface area contributed by atoms with E-state index in [0.717, 1.165) is 25.9 Å². The highest BCUT2D eigenvalue weighted by atomic mass is 16.5. The van der Waals surface area contributed by atoms with Gasteiger partial charge in [0.2, 0.25) is 5.91 Å². The predicted molar refractivity (Wildman–Crippen MR) is 91.5 cm³/mol. The maximum Gasteiger partial charge on any atom is 0.242 e. The number of hydrogen-bond donors (Lipinski definition) is 3. The van der Waals surface area contributed by atoms with E-state index in [9.17, 15) is 4.79 Å². The van der Waals surface area contributed by atoms with Crippen molar-refractivity contribution < 1.29 is 9.53 Å². The second-order valence-corrected chi connectivity index (χ2v) is 5.13. The number of rotatable bonds is 11. The third kappa shape index (κ3) is 6.45. The molecule has 0 aromatic heterocycles. The minimum atomic E-state index is -0.249. The Morgan fingerprint density at radius 2 is 1.86 bits per heavy atom. The molecule has 22 heavy (non-hydrogen) atoms. The van der Waals surface area contributed by atoms with Gasteiger partial charge in [0.1, 0.15) is 5.75 Å². The summed E-state index contributed by atoms with van der Waals surface area (Å²) in [6.07, 6.45) is 2.04. The maximum absolute atomic E-state index is 12.5. The zero-order valence-electron chi connectivity index (χ0n) is 13.9. The van der Waals surface area contributed by atoms with Gasteiger partial charge in [-0.1, -0.05) is 26.0 Å². The average molecular weight is 307 g/mol. The Hall–Kier alpha value is -1.59. The molecule has 1 unspecified atom stereocenters. The van der Waals surface area contributed by atoms with E-state index in [2.05, 4.69) is 29.8 Å². The van der Waals surface area contributed by atoms with Crippen LogP contribution in [0.2, 0.25) is 0 Å². The lowest BCUT2D eigenvalue weighted by Crippen LogP contribution is -2.47. The summed E-state index contributed by atoms with van der Waals surface area (Å²) in [5.74, 6) is 0.665. The summed E-state index contributed by atoms with van der Waals surface area (Å²) in [5.41, 5.74) is 0.716. The van der Waals surface area contributed by atoms with E-state index < -0.39 is 0 Å². The van der Waals surface area contributed by atoms with Crippen LogP contribution in [0.1, 0.15) is 33.6 Å². The molecule has 1 atom stereocenters. The lowest BCUT2D eigenvalue weighted by Gasteiger charge is -2.19. The molecular weight excluding hydrogens is 278 g/mol. The number of hydrogen-bond acceptors (Lipinski definition) is 4. The molecule has 0 saturated heterocycles. The van der Waals surface area contributed by atoms with E-state index in [-0.39, 0.29) is 11.9 Å². The molecule has 0 aliphatic rings. The highest BCUT2D eigenvalue weighted by molar-refractivity contribution is 5.96. The number of anilines is 1. The fraction of sp³-hybridized carbons (Fsp3) is 0.588. The minimum absolute atomic E-state index is 0.0378. The Morgan fingerprint density at radius 3 is 2.55 bits per heavy atom. The second-order valence-electron chi connectivity index (χ2n) is 5.13. The number of para-hydroxylation sites is 2. The van der Waals surface area contributed by atoms with Crippen LogP contribution in [0.15, 0.2) is 24.3 Å². The van der Waals surface area contributed by atoms with Gasteiger partial charge in [-0.05, 0) is 45.0 Å². The van der Waals surface area contributed by atoms with E-state index in [1.54, 1.807) is 0 Å². The fourth-order valence-electron chi connectivity index (χ4n) is 2.07. The lowest BCUT2D eigenvalue weighted by atomic mass is 10.2. The van der Waals surface area contributed by atoms with Crippen LogP contribution in [0.4, 0.5) is 5.69 Å². The maximum atomic E-state index is 12.5. The first-order valence-electron chi connectivity index (χ1n) is 8.19. The van der Waals surface area contributed by atoms with Crippen LogP contribution in [-0.2, 0) is 4.79 Å². The quantitative estimate of drug-likeness (QED) is 0.549. The van der Waals surface area contributed by atoms with Crippen LogP contribution in [0.5, 0.6) is 5.75 Å². The normalized spacial score (nSPS) is 12.0. The fourth-order valence-corrected chi connectivity index (χ4v) is 2.07. The van der Waals surface area contributed by atoms with Crippen molar-refractivity contribution in [1.29, 1.82) is 0 Å². The van der Waals surface area contributed by atoms with Crippen LogP contribution in [0.3, 0.4) is 0 Å². The van der Waals surface area contributed by atoms with Crippen LogP contribution < -0.4 is 20.7 Å². The summed E-state index contributed by atoms with van der Waals surface area (Å²) in [6.45, 7) is 9.05. The molecule has 5 heteroatoms. The van der Waals surface area contributed by atoms with Crippen LogP contribution in [0, 0.1) is 0 Å². The summed E-state index contributed by atoms with van der Waals surface area (Å²) < 4.78 is 5.55. The molecule has 3 N–H and O–H groups in total. The average Bonchev–Trinajstić information content (AvgIpc) is 2.52. The monoisotopic (exact) mass is 307 g/mol. The van der Waals surface area contributed by atoms with Crippen molar-refractivity contribution in [3.63, 3.8) is 0 Å². The molecule has 0 bridgehead atoms. The van der Waals surface area contributed by atoms with E-state index in [1.165, 1.54) is 0 Å². The number of carbonyl (C=O) groups is 1. The summed E-state index contributed by atoms with van der Waals surface area (Å²) >= 11 is 0. The van der Waals surface area contributed by atoms with Gasteiger partial charge in [0.25, 0.3) is 0 Å². The van der Waals surface area contributed by atoms with Crippen molar-refractivity contribution in [3.05, 3.63) is 24.3 Å². The molecule has 1 amide bonds. The van der Waals surface area contributed by atoms with Gasteiger partial charge in [0.15, 0.2) is 0 Å². The Bertz CT molecular complexity index is 438. The number of carbonyl (C=O) groups excluding carboxylic acids is 1. The Balaban J connectivity index is 2.68. The number of ether oxygens (including phenoxy) is 1. The van der Waals surface area contributed by atoms with Gasteiger partial charge in [0, 0.05) is 6.54 Å². The largest absolute Gasteiger partial charge is 0.492 e. The van der Waals surface area contributed by atoms with Crippen LogP contribution >= 0.6 is 0 Å². The Kier molecular flexibility index (Phi) is 9.26. The van der Waals surface area contributed by atoms with Gasteiger partial charge in [-0.25, -0.2) is 0 Å². The lowest BCUT2D eigenvalue weighted by molar-refractivity contribution is -0.118. The van der Waals surface area contributed by atoms with Gasteiger partial charge >= 0.3 is 0 Å². The van der Waals surface area contributed by atoms with Gasteiger partial charge in [-0.3, -0.25) is 4.79 Å². The molecule has 0 saturated carbocycles. The van der Waals surface area contributed by atoms with Crippen molar-refractivity contribution in [3.8, 4) is 5.75 Å². The summed E-state index contributed by atoms with van der Waals surface area (Å²) in [5, 5.41) is 9.55. The standard InChI is InChI=1S/C17H29N3O2/c1-4-11-18-13-15(19-12-5-2)17(21)20-14-9-7-8-10-16(14)22-6-3/h7-10,15,18-19H,4-6,11-13H2,1-3H3,(H,20,21). The zero-order chi connectivity index (χ0) is 16.2. The number of amides is 1. The molecule has 0 aliphatic heterocycles. The van der Waals surface area contributed by atoms with Crippen molar-refractivity contribution in [2.75, 3.05) is 31.6 Å². The second kappa shape index (κ2) is 11.0. The molecule has 1 aromatic carbocycles. The smallest absolute Gasteiger partial charge is 0.242 e. The van der Waals surface area contributed by atoms with Crippen molar-refractivity contribution >= 4 is 11.6 Å². The Labute approximate surface area is 133 Å². The van der Waals surface area contributed by atoms with E-state index in [4.69, 9.17) is 4.74 Å². The van der Waals surface area contributed by atoms with Gasteiger partial charge in [0.05, 0.1) is 18.3 Å². The first-order chi connectivity index (χ1) is 10.7. The summed E-state index contributed by atoms with van der Waals surface area (Å²) in [7, 11) is 0. The molecule has 0 radical (unpaired) electrons. The van der Waals surface area contributed by atoms with E-state index >= 15 is 0 Å². The number of benzene rings is 1. The summed E-state index contributed by atoms with van der Waals surface area (Å²) in [4.78, 5) is 12.5. The highest BCUT2D eigenvalue weighted by Gasteiger charge is 2.18. The molecule has 0 aliphatic carbocycles. The first-order valence-corrected chi connectivity index (χ1v) is 8.19. The SMILES string of the molecule is CCCNCC(NCCC)C(=O)Nc1ccccc1OCC. The predicted octanol–water partition coefficient (Wildman–Crippen LogP) is 2.39. The van der Waals surface area contributed by atoms with Crippen LogP contribution in [0.25, 0.3) is 0 Å². The van der Waals surface area contributed by atoms with Gasteiger partial charge in [-0.15, -0.1) is 0 Å². The van der Waals surface area contributed by atoms with Crippen LogP contribution in [-0.4, -0.2) is 38.2 Å². The number of nitrogens with one attached hydrogen (secondary N) is 3.